The first kappa shape index (κ1) is 8.53. The Balaban J connectivity index is 2.39. The van der Waals surface area contributed by atoms with Crippen molar-refractivity contribution in [2.24, 2.45) is 0 Å². The molecule has 0 spiro atoms. The lowest BCUT2D eigenvalue weighted by Gasteiger charge is -2.17. The van der Waals surface area contributed by atoms with Gasteiger partial charge in [-0.25, -0.2) is 0 Å². The first-order valence-electron chi connectivity index (χ1n) is 4.25. The lowest BCUT2D eigenvalue weighted by Crippen LogP contribution is -2.35. The van der Waals surface area contributed by atoms with E-state index in [2.05, 4.69) is 5.32 Å². The molecule has 2 atom stereocenters. The first-order valence-corrected chi connectivity index (χ1v) is 4.25. The van der Waals surface area contributed by atoms with Gasteiger partial charge < -0.3 is 4.90 Å². The predicted molar refractivity (Wildman–Crippen MR) is 44.3 cm³/mol. The molecular weight excluding hydrogens is 140 g/mol. The zero-order valence-corrected chi connectivity index (χ0v) is 7.42. The Kier molecular flexibility index (Phi) is 2.49. The fourth-order valence-electron chi connectivity index (χ4n) is 1.24. The number of carbonyl (C=O) groups is 1. The molecule has 0 aromatic rings. The fourth-order valence-corrected chi connectivity index (χ4v) is 1.24. The topological polar surface area (TPSA) is 42.2 Å². The van der Waals surface area contributed by atoms with Crippen molar-refractivity contribution < 1.29 is 4.79 Å². The quantitative estimate of drug-likeness (QED) is 0.594. The molecule has 0 unspecified atom stereocenters. The zero-order valence-electron chi connectivity index (χ0n) is 7.42. The molecule has 0 aromatic heterocycles. The highest BCUT2D eigenvalue weighted by Crippen LogP contribution is 2.12. The summed E-state index contributed by atoms with van der Waals surface area (Å²) in [5.74, 6) is 0.252. The van der Waals surface area contributed by atoms with Crippen LogP contribution in [0.4, 0.5) is 0 Å². The number of amides is 1. The third-order valence-corrected chi connectivity index (χ3v) is 2.17. The first-order chi connectivity index (χ1) is 5.20. The standard InChI is InChI=1S/C8H16N2O/c1-4-10(5-2)8(11)7-6(3)9-7/h6-7,9H,4-5H2,1-3H3/t6-,7+/m1/s1. The summed E-state index contributed by atoms with van der Waals surface area (Å²) in [6.07, 6.45) is 0. The summed E-state index contributed by atoms with van der Waals surface area (Å²) in [6.45, 7) is 7.69. The maximum absolute atomic E-state index is 11.4. The Hall–Kier alpha value is -0.570. The van der Waals surface area contributed by atoms with Gasteiger partial charge >= 0.3 is 0 Å². The van der Waals surface area contributed by atoms with Crippen molar-refractivity contribution in [1.29, 1.82) is 0 Å². The zero-order chi connectivity index (χ0) is 8.43. The van der Waals surface area contributed by atoms with Crippen LogP contribution >= 0.6 is 0 Å². The van der Waals surface area contributed by atoms with Gasteiger partial charge in [-0.1, -0.05) is 0 Å². The Bertz CT molecular complexity index is 154. The van der Waals surface area contributed by atoms with E-state index in [1.54, 1.807) is 0 Å². The highest BCUT2D eigenvalue weighted by molar-refractivity contribution is 5.85. The van der Waals surface area contributed by atoms with E-state index in [0.717, 1.165) is 13.1 Å². The van der Waals surface area contributed by atoms with Gasteiger partial charge in [-0.15, -0.1) is 0 Å². The second-order valence-corrected chi connectivity index (χ2v) is 2.94. The molecule has 0 radical (unpaired) electrons. The van der Waals surface area contributed by atoms with Crippen LogP contribution in [0.15, 0.2) is 0 Å². The van der Waals surface area contributed by atoms with E-state index in [-0.39, 0.29) is 11.9 Å². The van der Waals surface area contributed by atoms with Crippen LogP contribution in [0.25, 0.3) is 0 Å². The van der Waals surface area contributed by atoms with Crippen LogP contribution in [0, 0.1) is 0 Å². The molecule has 0 aromatic carbocycles. The van der Waals surface area contributed by atoms with E-state index in [4.69, 9.17) is 0 Å². The molecule has 0 saturated carbocycles. The molecule has 1 aliphatic rings. The lowest BCUT2D eigenvalue weighted by atomic mass is 10.3. The van der Waals surface area contributed by atoms with Gasteiger partial charge in [-0.2, -0.15) is 0 Å². The van der Waals surface area contributed by atoms with Crippen molar-refractivity contribution >= 4 is 5.91 Å². The minimum absolute atomic E-state index is 0.106. The number of hydrogen-bond donors (Lipinski definition) is 1. The molecule has 1 aliphatic heterocycles. The minimum atomic E-state index is 0.106. The number of carbonyl (C=O) groups excluding carboxylic acids is 1. The van der Waals surface area contributed by atoms with Gasteiger partial charge in [0.05, 0.1) is 0 Å². The average Bonchev–Trinajstić information content (AvgIpc) is 2.69. The van der Waals surface area contributed by atoms with Gasteiger partial charge in [0.2, 0.25) is 5.91 Å². The van der Waals surface area contributed by atoms with Crippen LogP contribution in [0.2, 0.25) is 0 Å². The van der Waals surface area contributed by atoms with E-state index < -0.39 is 0 Å². The Labute approximate surface area is 67.8 Å². The maximum Gasteiger partial charge on any atom is 0.241 e. The van der Waals surface area contributed by atoms with Crippen LogP contribution in [0.5, 0.6) is 0 Å². The van der Waals surface area contributed by atoms with Crippen molar-refractivity contribution in [3.63, 3.8) is 0 Å². The highest BCUT2D eigenvalue weighted by atomic mass is 16.2. The monoisotopic (exact) mass is 156 g/mol. The molecule has 1 saturated heterocycles. The largest absolute Gasteiger partial charge is 0.342 e. The van der Waals surface area contributed by atoms with Gasteiger partial charge in [-0.3, -0.25) is 10.1 Å². The second-order valence-electron chi connectivity index (χ2n) is 2.94. The van der Waals surface area contributed by atoms with E-state index in [9.17, 15) is 4.79 Å². The summed E-state index contributed by atoms with van der Waals surface area (Å²) >= 11 is 0. The lowest BCUT2D eigenvalue weighted by molar-refractivity contribution is -0.130. The van der Waals surface area contributed by atoms with E-state index in [0.29, 0.717) is 6.04 Å². The number of nitrogens with zero attached hydrogens (tertiary/aromatic N) is 1. The molecule has 64 valence electrons. The Morgan fingerprint density at radius 2 is 1.91 bits per heavy atom. The van der Waals surface area contributed by atoms with Crippen molar-refractivity contribution in [3.8, 4) is 0 Å². The van der Waals surface area contributed by atoms with Crippen molar-refractivity contribution in [3.05, 3.63) is 0 Å². The van der Waals surface area contributed by atoms with Gasteiger partial charge in [0, 0.05) is 19.1 Å². The minimum Gasteiger partial charge on any atom is -0.342 e. The third kappa shape index (κ3) is 1.71. The molecule has 1 N–H and O–H groups in total. The summed E-state index contributed by atoms with van der Waals surface area (Å²) in [5.41, 5.74) is 0. The number of hydrogen-bond acceptors (Lipinski definition) is 2. The normalized spacial score (nSPS) is 28.3. The molecule has 0 aliphatic carbocycles. The van der Waals surface area contributed by atoms with Crippen LogP contribution in [0.3, 0.4) is 0 Å². The van der Waals surface area contributed by atoms with Gasteiger partial charge in [0.1, 0.15) is 6.04 Å². The summed E-state index contributed by atoms with van der Waals surface area (Å²) in [7, 11) is 0. The molecule has 11 heavy (non-hydrogen) atoms. The molecule has 1 amide bonds. The van der Waals surface area contributed by atoms with Gasteiger partial charge in [-0.05, 0) is 20.8 Å². The maximum atomic E-state index is 11.4. The van der Waals surface area contributed by atoms with E-state index in [1.165, 1.54) is 0 Å². The smallest absolute Gasteiger partial charge is 0.241 e. The van der Waals surface area contributed by atoms with Crippen LogP contribution in [-0.2, 0) is 4.79 Å². The second kappa shape index (κ2) is 3.22. The summed E-state index contributed by atoms with van der Waals surface area (Å²) in [5, 5.41) is 3.09. The summed E-state index contributed by atoms with van der Waals surface area (Å²) in [4.78, 5) is 13.3. The molecule has 3 heteroatoms. The number of nitrogens with one attached hydrogen (secondary N) is 1. The predicted octanol–water partition coefficient (Wildman–Crippen LogP) is 0.215. The highest BCUT2D eigenvalue weighted by Gasteiger charge is 2.39. The fraction of sp³-hybridized carbons (Fsp3) is 0.875. The van der Waals surface area contributed by atoms with Crippen LogP contribution in [0.1, 0.15) is 20.8 Å². The Morgan fingerprint density at radius 1 is 1.45 bits per heavy atom. The van der Waals surface area contributed by atoms with Crippen molar-refractivity contribution in [2.75, 3.05) is 13.1 Å². The molecule has 1 rings (SSSR count). The molecule has 3 nitrogen and oxygen atoms in total. The van der Waals surface area contributed by atoms with E-state index >= 15 is 0 Å². The summed E-state index contributed by atoms with van der Waals surface area (Å²) < 4.78 is 0. The van der Waals surface area contributed by atoms with Crippen molar-refractivity contribution in [1.82, 2.24) is 10.2 Å². The molecular formula is C8H16N2O. The summed E-state index contributed by atoms with van der Waals surface area (Å²) in [6, 6.07) is 0.498. The Morgan fingerprint density at radius 3 is 2.18 bits per heavy atom. The van der Waals surface area contributed by atoms with Crippen LogP contribution in [-0.4, -0.2) is 36.0 Å². The van der Waals surface area contributed by atoms with Crippen LogP contribution < -0.4 is 5.32 Å². The number of likely N-dealkylation sites (N-methyl/N-ethyl adjacent to an activating group) is 1. The molecule has 1 fully saturated rings. The SMILES string of the molecule is CCN(CC)C(=O)[C@H]1N[C@@H]1C. The average molecular weight is 156 g/mol. The van der Waals surface area contributed by atoms with Gasteiger partial charge in [0.15, 0.2) is 0 Å². The third-order valence-electron chi connectivity index (χ3n) is 2.17. The van der Waals surface area contributed by atoms with E-state index in [1.807, 2.05) is 25.7 Å². The van der Waals surface area contributed by atoms with Gasteiger partial charge in [0.25, 0.3) is 0 Å². The molecule has 1 heterocycles. The molecule has 0 bridgehead atoms. The van der Waals surface area contributed by atoms with Crippen molar-refractivity contribution in [2.45, 2.75) is 32.9 Å². The number of rotatable bonds is 3.